The Morgan fingerprint density at radius 2 is 1.78 bits per heavy atom. The zero-order valence-corrected chi connectivity index (χ0v) is 19.7. The van der Waals surface area contributed by atoms with Crippen molar-refractivity contribution in [3.63, 3.8) is 0 Å². The van der Waals surface area contributed by atoms with Crippen molar-refractivity contribution < 1.29 is 24.0 Å². The molecule has 0 aliphatic carbocycles. The van der Waals surface area contributed by atoms with Crippen LogP contribution in [0.25, 0.3) is 6.08 Å². The van der Waals surface area contributed by atoms with Gasteiger partial charge in [0.25, 0.3) is 17.5 Å². The fraction of sp³-hybridized carbons (Fsp3) is 0.190. The van der Waals surface area contributed by atoms with E-state index in [1.165, 1.54) is 49.2 Å². The molecule has 2 aromatic rings. The highest BCUT2D eigenvalue weighted by Gasteiger charge is 2.35. The Hall–Kier alpha value is -3.31. The molecule has 1 aliphatic heterocycles. The zero-order valence-electron chi connectivity index (χ0n) is 17.3. The minimum absolute atomic E-state index is 0.0301. The van der Waals surface area contributed by atoms with E-state index in [0.717, 1.165) is 0 Å². The van der Waals surface area contributed by atoms with Crippen molar-refractivity contribution in [3.05, 3.63) is 67.7 Å². The van der Waals surface area contributed by atoms with Gasteiger partial charge in [-0.1, -0.05) is 28.1 Å². The van der Waals surface area contributed by atoms with Crippen molar-refractivity contribution in [3.8, 4) is 11.5 Å². The molecule has 9 nitrogen and oxygen atoms in total. The van der Waals surface area contributed by atoms with Crippen molar-refractivity contribution in [2.24, 2.45) is 0 Å². The summed E-state index contributed by atoms with van der Waals surface area (Å²) in [6.45, 7) is 0.0783. The molecule has 0 spiro atoms. The number of thiocarbonyl (C=S) groups is 1. The first kappa shape index (κ1) is 23.4. The Kier molecular flexibility index (Phi) is 6.90. The highest BCUT2D eigenvalue weighted by Crippen LogP contribution is 2.35. The first-order chi connectivity index (χ1) is 15.1. The molecule has 1 aliphatic rings. The van der Waals surface area contributed by atoms with Crippen LogP contribution >= 0.6 is 28.1 Å². The summed E-state index contributed by atoms with van der Waals surface area (Å²) in [6.07, 6.45) is 1.45. The van der Waals surface area contributed by atoms with Crippen LogP contribution in [-0.2, 0) is 16.2 Å². The Labute approximate surface area is 197 Å². The predicted molar refractivity (Wildman–Crippen MR) is 124 cm³/mol. The number of nitro groups is 1. The van der Waals surface area contributed by atoms with Crippen LogP contribution in [0.2, 0.25) is 0 Å². The number of hydrogen-bond acceptors (Lipinski definition) is 7. The van der Waals surface area contributed by atoms with Crippen LogP contribution in [0.15, 0.2) is 46.4 Å². The third-order valence-electron chi connectivity index (χ3n) is 4.74. The van der Waals surface area contributed by atoms with Gasteiger partial charge in [-0.2, -0.15) is 0 Å². The van der Waals surface area contributed by atoms with Crippen LogP contribution in [-0.4, -0.2) is 52.9 Å². The number of carbonyl (C=O) groups is 2. The van der Waals surface area contributed by atoms with E-state index >= 15 is 0 Å². The van der Waals surface area contributed by atoms with Crippen LogP contribution in [0.4, 0.5) is 5.69 Å². The molecule has 1 heterocycles. The van der Waals surface area contributed by atoms with E-state index in [1.54, 1.807) is 24.3 Å². The third-order valence-corrected chi connectivity index (χ3v) is 5.98. The van der Waals surface area contributed by atoms with Gasteiger partial charge in [-0.05, 0) is 41.6 Å². The maximum Gasteiger partial charge on any atom is 0.269 e. The van der Waals surface area contributed by atoms with E-state index in [9.17, 15) is 19.7 Å². The van der Waals surface area contributed by atoms with Crippen LogP contribution < -0.4 is 9.47 Å². The monoisotopic (exact) mass is 519 g/mol. The minimum atomic E-state index is -0.505. The molecule has 2 aromatic carbocycles. The number of hydrogen-bond donors (Lipinski definition) is 0. The molecular weight excluding hydrogens is 502 g/mol. The van der Waals surface area contributed by atoms with E-state index in [4.69, 9.17) is 21.7 Å². The van der Waals surface area contributed by atoms with Gasteiger partial charge in [-0.3, -0.25) is 29.5 Å². The van der Waals surface area contributed by atoms with Gasteiger partial charge in [-0.15, -0.1) is 0 Å². The first-order valence-corrected chi connectivity index (χ1v) is 10.4. The molecule has 1 fully saturated rings. The Morgan fingerprint density at radius 3 is 2.38 bits per heavy atom. The van der Waals surface area contributed by atoms with Crippen LogP contribution in [0, 0.1) is 10.1 Å². The van der Waals surface area contributed by atoms with Crippen LogP contribution in [0.3, 0.4) is 0 Å². The number of nitrogens with zero attached hydrogens (tertiary/aromatic N) is 3. The predicted octanol–water partition coefficient (Wildman–Crippen LogP) is 3.54. The number of methoxy groups -OCH3 is 1. The van der Waals surface area contributed by atoms with Crippen molar-refractivity contribution >= 4 is 56.8 Å². The molecule has 3 rings (SSSR count). The fourth-order valence-electron chi connectivity index (χ4n) is 2.99. The molecule has 0 saturated carbocycles. The topological polar surface area (TPSA) is 102 Å². The van der Waals surface area contributed by atoms with Gasteiger partial charge in [0.1, 0.15) is 12.2 Å². The van der Waals surface area contributed by atoms with Crippen LogP contribution in [0.1, 0.15) is 11.1 Å². The van der Waals surface area contributed by atoms with Gasteiger partial charge in [0.2, 0.25) is 0 Å². The molecule has 11 heteroatoms. The molecular formula is C21H18BrN3O6S. The summed E-state index contributed by atoms with van der Waals surface area (Å²) in [7, 11) is 4.46. The van der Waals surface area contributed by atoms with E-state index < -0.39 is 16.7 Å². The summed E-state index contributed by atoms with van der Waals surface area (Å²) >= 11 is 8.53. The third kappa shape index (κ3) is 4.63. The zero-order chi connectivity index (χ0) is 23.6. The lowest BCUT2D eigenvalue weighted by molar-refractivity contribution is -0.384. The van der Waals surface area contributed by atoms with E-state index in [1.807, 2.05) is 0 Å². The number of amides is 2. The minimum Gasteiger partial charge on any atom is -0.493 e. The average Bonchev–Trinajstić information content (AvgIpc) is 2.79. The molecule has 0 aromatic heterocycles. The number of halogens is 1. The second kappa shape index (κ2) is 9.45. The van der Waals surface area contributed by atoms with Crippen molar-refractivity contribution in [1.82, 2.24) is 9.80 Å². The van der Waals surface area contributed by atoms with Gasteiger partial charge >= 0.3 is 0 Å². The number of rotatable bonds is 6. The second-order valence-corrected chi connectivity index (χ2v) is 8.03. The van der Waals surface area contributed by atoms with Gasteiger partial charge in [0.05, 0.1) is 12.0 Å². The summed E-state index contributed by atoms with van der Waals surface area (Å²) in [5.41, 5.74) is 1.06. The molecule has 32 heavy (non-hydrogen) atoms. The number of likely N-dealkylation sites (N-methyl/N-ethyl adjacent to an activating group) is 2. The maximum absolute atomic E-state index is 12.6. The highest BCUT2D eigenvalue weighted by atomic mass is 79.9. The lowest BCUT2D eigenvalue weighted by Gasteiger charge is -2.31. The Morgan fingerprint density at radius 1 is 1.12 bits per heavy atom. The fourth-order valence-corrected chi connectivity index (χ4v) is 3.59. The number of non-ortho nitro benzene ring substituents is 1. The van der Waals surface area contributed by atoms with Gasteiger partial charge in [-0.25, -0.2) is 0 Å². The number of carbonyl (C=O) groups excluding carboxylic acids is 2. The molecule has 0 bridgehead atoms. The molecule has 0 unspecified atom stereocenters. The number of benzene rings is 2. The molecule has 166 valence electrons. The normalized spacial score (nSPS) is 14.0. The van der Waals surface area contributed by atoms with Crippen molar-refractivity contribution in [2.45, 2.75) is 6.61 Å². The summed E-state index contributed by atoms with van der Waals surface area (Å²) in [5.74, 6) is -0.270. The molecule has 0 radical (unpaired) electrons. The first-order valence-electron chi connectivity index (χ1n) is 9.19. The number of ether oxygens (including phenoxy) is 2. The lowest BCUT2D eigenvalue weighted by atomic mass is 10.1. The Balaban J connectivity index is 1.90. The van der Waals surface area contributed by atoms with Gasteiger partial charge < -0.3 is 9.47 Å². The Bertz CT molecular complexity index is 1140. The SMILES string of the molecule is COc1cc(C=C2C(=O)N(C)C(=S)N(C)C2=O)c(Br)cc1OCc1cccc([N+](=O)[O-])c1. The maximum atomic E-state index is 12.6. The highest BCUT2D eigenvalue weighted by molar-refractivity contribution is 9.10. The molecule has 0 N–H and O–H groups in total. The van der Waals surface area contributed by atoms with Crippen LogP contribution in [0.5, 0.6) is 11.5 Å². The summed E-state index contributed by atoms with van der Waals surface area (Å²) in [6, 6.07) is 9.38. The van der Waals surface area contributed by atoms with E-state index in [0.29, 0.717) is 27.1 Å². The summed E-state index contributed by atoms with van der Waals surface area (Å²) in [4.78, 5) is 38.1. The van der Waals surface area contributed by atoms with E-state index in [-0.39, 0.29) is 23.0 Å². The standard InChI is InChI=1S/C21H18BrN3O6S/c1-23-19(26)15(20(27)24(2)21(23)32)8-13-9-17(30-3)18(10-16(13)22)31-11-12-5-4-6-14(7-12)25(28)29/h4-10H,11H2,1-3H3. The van der Waals surface area contributed by atoms with Gasteiger partial charge in [0, 0.05) is 30.7 Å². The quantitative estimate of drug-likeness (QED) is 0.189. The summed E-state index contributed by atoms with van der Waals surface area (Å²) < 4.78 is 11.8. The second-order valence-electron chi connectivity index (χ2n) is 6.81. The smallest absolute Gasteiger partial charge is 0.269 e. The summed E-state index contributed by atoms with van der Waals surface area (Å²) in [5, 5.41) is 11.1. The molecule has 0 atom stereocenters. The average molecular weight is 520 g/mol. The largest absolute Gasteiger partial charge is 0.493 e. The van der Waals surface area contributed by atoms with Gasteiger partial charge in [0.15, 0.2) is 16.6 Å². The van der Waals surface area contributed by atoms with Crippen molar-refractivity contribution in [1.29, 1.82) is 0 Å². The van der Waals surface area contributed by atoms with Crippen molar-refractivity contribution in [2.75, 3.05) is 21.2 Å². The molecule has 1 saturated heterocycles. The van der Waals surface area contributed by atoms with E-state index in [2.05, 4.69) is 15.9 Å². The lowest BCUT2D eigenvalue weighted by Crippen LogP contribution is -2.52. The number of nitro benzene ring substituents is 1. The molecule has 2 amide bonds.